The molecule has 1 atom stereocenters. The van der Waals surface area contributed by atoms with Gasteiger partial charge in [-0.2, -0.15) is 5.10 Å². The topological polar surface area (TPSA) is 87.9 Å². The van der Waals surface area contributed by atoms with Crippen molar-refractivity contribution in [3.63, 3.8) is 0 Å². The van der Waals surface area contributed by atoms with E-state index in [0.29, 0.717) is 42.6 Å². The van der Waals surface area contributed by atoms with Crippen LogP contribution in [0.5, 0.6) is 0 Å². The number of carbonyl (C=O) groups excluding carboxylic acids is 2. The van der Waals surface area contributed by atoms with E-state index < -0.39 is 17.7 Å². The molecule has 4 rings (SSSR count). The van der Waals surface area contributed by atoms with E-state index in [2.05, 4.69) is 10.00 Å². The molecule has 1 N–H and O–H groups in total. The SMILES string of the molecule is Cc1nn(C)c(C)c1/C(O)=C1\C(=O)C(=O)N(CCN2CCOCC2)[C@H]1c1ccc(Cl)cc1. The summed E-state index contributed by atoms with van der Waals surface area (Å²) in [5.41, 5.74) is 2.60. The second-order valence-corrected chi connectivity index (χ2v) is 8.60. The van der Waals surface area contributed by atoms with Gasteiger partial charge in [0.25, 0.3) is 11.7 Å². The first-order chi connectivity index (χ1) is 15.3. The van der Waals surface area contributed by atoms with Gasteiger partial charge >= 0.3 is 0 Å². The number of nitrogens with zero attached hydrogens (tertiary/aromatic N) is 4. The number of hydrogen-bond donors (Lipinski definition) is 1. The first-order valence-electron chi connectivity index (χ1n) is 10.6. The number of carbonyl (C=O) groups is 2. The van der Waals surface area contributed by atoms with Crippen molar-refractivity contribution in [3.05, 3.63) is 57.4 Å². The quantitative estimate of drug-likeness (QED) is 0.420. The minimum absolute atomic E-state index is 0.0819. The van der Waals surface area contributed by atoms with Crippen LogP contribution in [-0.4, -0.2) is 75.8 Å². The van der Waals surface area contributed by atoms with Crippen LogP contribution in [0.15, 0.2) is 29.8 Å². The molecule has 32 heavy (non-hydrogen) atoms. The van der Waals surface area contributed by atoms with Crippen molar-refractivity contribution in [1.82, 2.24) is 19.6 Å². The first-order valence-corrected chi connectivity index (χ1v) is 11.0. The highest BCUT2D eigenvalue weighted by Gasteiger charge is 2.46. The zero-order valence-corrected chi connectivity index (χ0v) is 19.2. The number of aromatic nitrogens is 2. The summed E-state index contributed by atoms with van der Waals surface area (Å²) in [5, 5.41) is 16.2. The lowest BCUT2D eigenvalue weighted by molar-refractivity contribution is -0.140. The fourth-order valence-corrected chi connectivity index (χ4v) is 4.55. The Morgan fingerprint density at radius 2 is 1.81 bits per heavy atom. The molecule has 1 amide bonds. The zero-order valence-electron chi connectivity index (χ0n) is 18.5. The minimum atomic E-state index is -0.702. The molecular weight excluding hydrogens is 432 g/mol. The van der Waals surface area contributed by atoms with Crippen LogP contribution in [0.2, 0.25) is 5.02 Å². The Balaban J connectivity index is 1.77. The Morgan fingerprint density at radius 1 is 1.16 bits per heavy atom. The van der Waals surface area contributed by atoms with E-state index in [-0.39, 0.29) is 11.3 Å². The molecule has 2 aliphatic heterocycles. The van der Waals surface area contributed by atoms with Gasteiger partial charge in [-0.3, -0.25) is 19.2 Å². The number of aliphatic hydroxyl groups excluding tert-OH is 1. The lowest BCUT2D eigenvalue weighted by Crippen LogP contribution is -2.42. The molecule has 2 fully saturated rings. The first kappa shape index (κ1) is 22.5. The van der Waals surface area contributed by atoms with Crippen molar-refractivity contribution in [1.29, 1.82) is 0 Å². The van der Waals surface area contributed by atoms with E-state index in [4.69, 9.17) is 16.3 Å². The van der Waals surface area contributed by atoms with Crippen LogP contribution in [0.25, 0.3) is 5.76 Å². The molecule has 8 nitrogen and oxygen atoms in total. The van der Waals surface area contributed by atoms with E-state index in [1.165, 1.54) is 0 Å². The number of aryl methyl sites for hydroxylation is 2. The molecule has 0 radical (unpaired) electrons. The second kappa shape index (κ2) is 9.05. The third-order valence-electron chi connectivity index (χ3n) is 6.23. The van der Waals surface area contributed by atoms with Crippen LogP contribution in [0.4, 0.5) is 0 Å². The highest BCUT2D eigenvalue weighted by atomic mass is 35.5. The number of likely N-dealkylation sites (tertiary alicyclic amines) is 1. The average molecular weight is 459 g/mol. The van der Waals surface area contributed by atoms with Crippen molar-refractivity contribution in [2.24, 2.45) is 7.05 Å². The zero-order chi connectivity index (χ0) is 23.0. The maximum absolute atomic E-state index is 13.2. The monoisotopic (exact) mass is 458 g/mol. The standard InChI is InChI=1S/C23H27ClN4O4/c1-14-18(15(2)26(3)25-14)21(29)19-20(16-4-6-17(24)7-5-16)28(23(31)22(19)30)9-8-27-10-12-32-13-11-27/h4-7,20,29H,8-13H2,1-3H3/b21-19+/t20-/m0/s1. The third kappa shape index (κ3) is 4.05. The molecule has 0 saturated carbocycles. The molecular formula is C23H27ClN4O4. The van der Waals surface area contributed by atoms with Crippen LogP contribution in [0.3, 0.4) is 0 Å². The Morgan fingerprint density at radius 3 is 2.41 bits per heavy atom. The van der Waals surface area contributed by atoms with Crippen LogP contribution in [0, 0.1) is 13.8 Å². The Hall–Kier alpha value is -2.68. The molecule has 1 aromatic carbocycles. The van der Waals surface area contributed by atoms with Gasteiger partial charge in [-0.15, -0.1) is 0 Å². The van der Waals surface area contributed by atoms with Gasteiger partial charge in [-0.25, -0.2) is 0 Å². The van der Waals surface area contributed by atoms with Crippen LogP contribution in [-0.2, 0) is 21.4 Å². The van der Waals surface area contributed by atoms with Crippen molar-refractivity contribution >= 4 is 29.1 Å². The number of hydrogen-bond acceptors (Lipinski definition) is 6. The smallest absolute Gasteiger partial charge is 0.295 e. The Kier molecular flexibility index (Phi) is 6.37. The average Bonchev–Trinajstić information content (AvgIpc) is 3.18. The summed E-state index contributed by atoms with van der Waals surface area (Å²) < 4.78 is 7.04. The number of morpholine rings is 1. The van der Waals surface area contributed by atoms with Gasteiger partial charge in [0.15, 0.2) is 0 Å². The Labute approximate surface area is 192 Å². The maximum atomic E-state index is 13.2. The molecule has 170 valence electrons. The van der Waals surface area contributed by atoms with Gasteiger partial charge in [0, 0.05) is 43.9 Å². The van der Waals surface area contributed by atoms with Crippen molar-refractivity contribution < 1.29 is 19.4 Å². The molecule has 1 aromatic heterocycles. The molecule has 3 heterocycles. The Bertz CT molecular complexity index is 1070. The van der Waals surface area contributed by atoms with Gasteiger partial charge < -0.3 is 14.7 Å². The fraction of sp³-hybridized carbons (Fsp3) is 0.435. The molecule has 2 aliphatic rings. The molecule has 2 saturated heterocycles. The van der Waals surface area contributed by atoms with Gasteiger partial charge in [0.2, 0.25) is 0 Å². The summed E-state index contributed by atoms with van der Waals surface area (Å²) in [4.78, 5) is 30.0. The molecule has 0 unspecified atom stereocenters. The van der Waals surface area contributed by atoms with Crippen LogP contribution >= 0.6 is 11.6 Å². The normalized spacial score (nSPS) is 21.5. The van der Waals surface area contributed by atoms with Gasteiger partial charge in [-0.05, 0) is 31.5 Å². The number of rotatable bonds is 5. The van der Waals surface area contributed by atoms with Crippen molar-refractivity contribution in [2.45, 2.75) is 19.9 Å². The summed E-state index contributed by atoms with van der Waals surface area (Å²) in [5.74, 6) is -1.49. The molecule has 0 bridgehead atoms. The number of aliphatic hydroxyl groups is 1. The predicted octanol–water partition coefficient (Wildman–Crippen LogP) is 2.44. The molecule has 9 heteroatoms. The summed E-state index contributed by atoms with van der Waals surface area (Å²) in [6.45, 7) is 7.44. The number of amides is 1. The van der Waals surface area contributed by atoms with Gasteiger partial charge in [-0.1, -0.05) is 23.7 Å². The number of ketones is 1. The highest BCUT2D eigenvalue weighted by Crippen LogP contribution is 2.40. The highest BCUT2D eigenvalue weighted by molar-refractivity contribution is 6.46. The third-order valence-corrected chi connectivity index (χ3v) is 6.48. The lowest BCUT2D eigenvalue weighted by Gasteiger charge is -2.31. The number of Topliss-reactive ketones (excluding diaryl/α,β-unsaturated/α-hetero) is 1. The largest absolute Gasteiger partial charge is 0.507 e. The number of halogens is 1. The second-order valence-electron chi connectivity index (χ2n) is 8.17. The van der Waals surface area contributed by atoms with Gasteiger partial charge in [0.05, 0.1) is 36.1 Å². The maximum Gasteiger partial charge on any atom is 0.295 e. The molecule has 0 aliphatic carbocycles. The van der Waals surface area contributed by atoms with E-state index in [1.807, 2.05) is 6.92 Å². The lowest BCUT2D eigenvalue weighted by atomic mass is 9.94. The fourth-order valence-electron chi connectivity index (χ4n) is 4.43. The van der Waals surface area contributed by atoms with Gasteiger partial charge in [0.1, 0.15) is 5.76 Å². The van der Waals surface area contributed by atoms with E-state index in [9.17, 15) is 14.7 Å². The van der Waals surface area contributed by atoms with Crippen LogP contribution in [0.1, 0.15) is 28.6 Å². The van der Waals surface area contributed by atoms with Crippen LogP contribution < -0.4 is 0 Å². The van der Waals surface area contributed by atoms with E-state index >= 15 is 0 Å². The minimum Gasteiger partial charge on any atom is -0.507 e. The summed E-state index contributed by atoms with van der Waals surface area (Å²) in [6.07, 6.45) is 0. The predicted molar refractivity (Wildman–Crippen MR) is 120 cm³/mol. The van der Waals surface area contributed by atoms with E-state index in [1.54, 1.807) is 47.8 Å². The number of benzene rings is 1. The number of ether oxygens (including phenoxy) is 1. The summed E-state index contributed by atoms with van der Waals surface area (Å²) in [7, 11) is 1.77. The van der Waals surface area contributed by atoms with Crippen molar-refractivity contribution in [3.8, 4) is 0 Å². The van der Waals surface area contributed by atoms with E-state index in [0.717, 1.165) is 24.3 Å². The molecule has 2 aromatic rings. The summed E-state index contributed by atoms with van der Waals surface area (Å²) in [6, 6.07) is 6.32. The molecule has 0 spiro atoms. The summed E-state index contributed by atoms with van der Waals surface area (Å²) >= 11 is 6.08. The van der Waals surface area contributed by atoms with Crippen molar-refractivity contribution in [2.75, 3.05) is 39.4 Å².